The van der Waals surface area contributed by atoms with Crippen LogP contribution in [0.2, 0.25) is 0 Å². The zero-order chi connectivity index (χ0) is 38.7. The number of aliphatic imine (C=N–C) groups is 2. The summed E-state index contributed by atoms with van der Waals surface area (Å²) < 4.78 is 0. The number of benzene rings is 4. The van der Waals surface area contributed by atoms with Gasteiger partial charge < -0.3 is 6.92 Å². The summed E-state index contributed by atoms with van der Waals surface area (Å²) >= 11 is 3.35. The fourth-order valence-electron chi connectivity index (χ4n) is 7.04. The van der Waals surface area contributed by atoms with Gasteiger partial charge in [0.15, 0.2) is 0 Å². The Hall–Kier alpha value is -3.00. The SMILES string of the molecule is CCCCCCCCc1c(CC)cc(N=CC(C)=Nc2cc(CCCC)c(-c3ccccc3)c(-c3ccccc3)c2)cc1CCCCCC.[CH2-]C.[Cl][Ni]. The Labute approximate surface area is 337 Å². The van der Waals surface area contributed by atoms with Crippen molar-refractivity contribution in [1.29, 1.82) is 0 Å². The normalized spacial score (nSPS) is 11.2. The predicted octanol–water partition coefficient (Wildman–Crippen LogP) is 16.0. The Morgan fingerprint density at radius 2 is 1.09 bits per heavy atom. The molecule has 0 saturated heterocycles. The summed E-state index contributed by atoms with van der Waals surface area (Å²) in [7, 11) is 4.26. The molecule has 4 heteroatoms. The van der Waals surface area contributed by atoms with Gasteiger partial charge >= 0.3 is 24.8 Å². The fraction of sp³-hybridized carbons (Fsp3) is 0.449. The van der Waals surface area contributed by atoms with E-state index in [1.807, 2.05) is 6.21 Å². The number of halogens is 1. The first-order chi connectivity index (χ1) is 26.1. The second-order valence-electron chi connectivity index (χ2n) is 13.8. The Bertz CT molecular complexity index is 1610. The minimum absolute atomic E-state index is 0.923. The van der Waals surface area contributed by atoms with Crippen LogP contribution in [0, 0.1) is 6.92 Å². The molecule has 0 unspecified atom stereocenters. The average molecular weight is 778 g/mol. The van der Waals surface area contributed by atoms with Gasteiger partial charge in [-0.25, -0.2) is 0 Å². The van der Waals surface area contributed by atoms with Gasteiger partial charge in [-0.05, 0) is 121 Å². The van der Waals surface area contributed by atoms with Crippen LogP contribution in [0.4, 0.5) is 11.4 Å². The van der Waals surface area contributed by atoms with Crippen molar-refractivity contribution >= 4 is 33.5 Å². The molecule has 0 aliphatic rings. The monoisotopic (exact) mass is 776 g/mol. The van der Waals surface area contributed by atoms with Crippen LogP contribution in [0.5, 0.6) is 0 Å². The average Bonchev–Trinajstić information content (AvgIpc) is 3.21. The summed E-state index contributed by atoms with van der Waals surface area (Å²) in [5, 5.41) is 0. The molecule has 0 aliphatic carbocycles. The molecule has 4 aromatic carbocycles. The molecule has 0 fully saturated rings. The van der Waals surface area contributed by atoms with Gasteiger partial charge in [0.1, 0.15) is 0 Å². The van der Waals surface area contributed by atoms with Crippen LogP contribution in [0.15, 0.2) is 94.9 Å². The molecule has 0 saturated carbocycles. The summed E-state index contributed by atoms with van der Waals surface area (Å²) in [5.74, 6) is 0. The van der Waals surface area contributed by atoms with Crippen LogP contribution >= 0.6 is 10.2 Å². The van der Waals surface area contributed by atoms with Gasteiger partial charge in [0.05, 0.1) is 17.1 Å². The van der Waals surface area contributed by atoms with Crippen molar-refractivity contribution in [2.45, 2.75) is 144 Å². The first-order valence-electron chi connectivity index (χ1n) is 20.4. The van der Waals surface area contributed by atoms with E-state index >= 15 is 0 Å². The number of unbranched alkanes of at least 4 members (excludes halogenated alkanes) is 9. The molecule has 0 aliphatic heterocycles. The van der Waals surface area contributed by atoms with Gasteiger partial charge in [-0.15, -0.1) is 0 Å². The molecule has 0 bridgehead atoms. The molecular weight excluding hydrogens is 711 g/mol. The van der Waals surface area contributed by atoms with Crippen molar-refractivity contribution in [1.82, 2.24) is 0 Å². The van der Waals surface area contributed by atoms with E-state index in [0.29, 0.717) is 0 Å². The van der Waals surface area contributed by atoms with Crippen molar-refractivity contribution in [3.63, 3.8) is 0 Å². The van der Waals surface area contributed by atoms with Crippen molar-refractivity contribution in [3.05, 3.63) is 114 Å². The third-order valence-corrected chi connectivity index (χ3v) is 9.74. The molecular formula is C49H67ClN2Ni-. The second-order valence-corrected chi connectivity index (χ2v) is 13.8. The Morgan fingerprint density at radius 3 is 1.72 bits per heavy atom. The molecule has 53 heavy (non-hydrogen) atoms. The predicted molar refractivity (Wildman–Crippen MR) is 234 cm³/mol. The maximum atomic E-state index is 5.15. The fourth-order valence-corrected chi connectivity index (χ4v) is 7.04. The second kappa shape index (κ2) is 28.4. The van der Waals surface area contributed by atoms with Crippen molar-refractivity contribution in [3.8, 4) is 22.3 Å². The van der Waals surface area contributed by atoms with Gasteiger partial charge in [0.25, 0.3) is 0 Å². The number of hydrogen-bond donors (Lipinski definition) is 0. The van der Waals surface area contributed by atoms with Crippen LogP contribution < -0.4 is 0 Å². The van der Waals surface area contributed by atoms with Crippen LogP contribution in [0.3, 0.4) is 0 Å². The van der Waals surface area contributed by atoms with Crippen molar-refractivity contribution in [2.24, 2.45) is 9.98 Å². The van der Waals surface area contributed by atoms with E-state index in [1.165, 1.54) is 110 Å². The maximum absolute atomic E-state index is 5.15. The number of nitrogens with zero attached hydrogens (tertiary/aromatic N) is 2. The summed E-state index contributed by atoms with van der Waals surface area (Å²) in [4.78, 5) is 10.2. The summed E-state index contributed by atoms with van der Waals surface area (Å²) in [5.41, 5.74) is 14.0. The quantitative estimate of drug-likeness (QED) is 0.0348. The molecule has 0 radical (unpaired) electrons. The Balaban J connectivity index is 0.00000235. The van der Waals surface area contributed by atoms with E-state index < -0.39 is 0 Å². The third-order valence-electron chi connectivity index (χ3n) is 9.74. The number of hydrogen-bond acceptors (Lipinski definition) is 2. The Kier molecular flexibility index (Phi) is 24.8. The van der Waals surface area contributed by atoms with E-state index in [9.17, 15) is 0 Å². The number of rotatable bonds is 21. The topological polar surface area (TPSA) is 24.7 Å². The van der Waals surface area contributed by atoms with Crippen LogP contribution in [-0.2, 0) is 40.3 Å². The van der Waals surface area contributed by atoms with Crippen molar-refractivity contribution < 1.29 is 14.6 Å². The van der Waals surface area contributed by atoms with Gasteiger partial charge in [-0.2, -0.15) is 6.92 Å². The molecule has 0 atom stereocenters. The van der Waals surface area contributed by atoms with Gasteiger partial charge in [-0.3, -0.25) is 9.98 Å². The third kappa shape index (κ3) is 16.1. The molecule has 0 aromatic heterocycles. The van der Waals surface area contributed by atoms with Crippen LogP contribution in [-0.4, -0.2) is 11.9 Å². The standard InChI is InChI=1S/C47H62N2.C2H5.ClH.Ni/c1-6-10-13-15-16-24-31-45-38(9-4)32-43(33-41(45)30-19-14-11-7-2)48-36-37(5)49-44-34-42(25-12-8-3)47(40-28-22-18-23-29-40)46(35-44)39-26-20-17-21-27-39;1-2;;/h17-18,20-23,26-29,32-36H,6-16,19,24-25,30-31H2,1-5H3;1H2,2H3;1H;/q;-1;;+1/p-1. The van der Waals surface area contributed by atoms with E-state index in [1.54, 1.807) is 12.5 Å². The molecule has 4 aromatic rings. The van der Waals surface area contributed by atoms with E-state index in [4.69, 9.17) is 9.98 Å². The molecule has 2 nitrogen and oxygen atoms in total. The number of aryl methyl sites for hydroxylation is 3. The van der Waals surface area contributed by atoms with Crippen LogP contribution in [0.25, 0.3) is 22.3 Å². The van der Waals surface area contributed by atoms with Gasteiger partial charge in [-0.1, -0.05) is 146 Å². The van der Waals surface area contributed by atoms with Gasteiger partial charge in [0.2, 0.25) is 0 Å². The summed E-state index contributed by atoms with van der Waals surface area (Å²) in [6, 6.07) is 30.9. The Morgan fingerprint density at radius 1 is 0.585 bits per heavy atom. The summed E-state index contributed by atoms with van der Waals surface area (Å²) in [6.45, 7) is 16.3. The summed E-state index contributed by atoms with van der Waals surface area (Å²) in [6.07, 6.45) is 21.9. The van der Waals surface area contributed by atoms with Gasteiger partial charge in [0, 0.05) is 6.21 Å². The van der Waals surface area contributed by atoms with E-state index in [0.717, 1.165) is 49.2 Å². The molecule has 0 spiro atoms. The van der Waals surface area contributed by atoms with Crippen LogP contribution in [0.1, 0.15) is 141 Å². The first kappa shape index (κ1) is 46.2. The van der Waals surface area contributed by atoms with E-state index in [2.05, 4.69) is 151 Å². The zero-order valence-electron chi connectivity index (χ0n) is 33.8. The van der Waals surface area contributed by atoms with E-state index in [-0.39, 0.29) is 0 Å². The molecule has 0 heterocycles. The van der Waals surface area contributed by atoms with Crippen molar-refractivity contribution in [2.75, 3.05) is 0 Å². The minimum atomic E-state index is 0.923. The first-order valence-corrected chi connectivity index (χ1v) is 21.8. The zero-order valence-corrected chi connectivity index (χ0v) is 35.5. The molecule has 0 N–H and O–H groups in total. The molecule has 4 rings (SSSR count). The molecule has 0 amide bonds. The molecule has 291 valence electrons.